The molecule has 1 heterocycles. The fourth-order valence-corrected chi connectivity index (χ4v) is 2.43. The van der Waals surface area contributed by atoms with Gasteiger partial charge >= 0.3 is 0 Å². The van der Waals surface area contributed by atoms with E-state index in [9.17, 15) is 14.3 Å². The van der Waals surface area contributed by atoms with E-state index >= 15 is 0 Å². The highest BCUT2D eigenvalue weighted by atomic mass is 19.1. The van der Waals surface area contributed by atoms with Crippen LogP contribution in [0.4, 0.5) is 15.8 Å². The maximum absolute atomic E-state index is 13.5. The number of nitrogens with one attached hydrogen (secondary N) is 1. The Morgan fingerprint density at radius 2 is 2.40 bits per heavy atom. The molecule has 0 spiro atoms. The van der Waals surface area contributed by atoms with E-state index in [2.05, 4.69) is 5.32 Å². The Morgan fingerprint density at radius 3 is 3.05 bits per heavy atom. The van der Waals surface area contributed by atoms with E-state index in [1.54, 1.807) is 6.92 Å². The van der Waals surface area contributed by atoms with Crippen molar-refractivity contribution in [1.82, 2.24) is 4.90 Å². The summed E-state index contributed by atoms with van der Waals surface area (Å²) in [7, 11) is 0. The van der Waals surface area contributed by atoms with Crippen LogP contribution in [-0.4, -0.2) is 41.7 Å². The first-order valence-corrected chi connectivity index (χ1v) is 6.71. The van der Waals surface area contributed by atoms with Gasteiger partial charge in [-0.25, -0.2) is 4.39 Å². The van der Waals surface area contributed by atoms with E-state index in [1.165, 1.54) is 18.2 Å². The minimum atomic E-state index is -0.504. The highest BCUT2D eigenvalue weighted by Gasteiger charge is 2.27. The van der Waals surface area contributed by atoms with Crippen LogP contribution in [0.15, 0.2) is 18.2 Å². The van der Waals surface area contributed by atoms with Gasteiger partial charge in [-0.1, -0.05) is 0 Å². The number of aliphatic hydroxyl groups excluding tert-OH is 1. The van der Waals surface area contributed by atoms with Crippen LogP contribution < -0.4 is 11.1 Å². The van der Waals surface area contributed by atoms with Gasteiger partial charge in [0, 0.05) is 12.2 Å². The Hall–Kier alpha value is -1.66. The second kappa shape index (κ2) is 6.19. The van der Waals surface area contributed by atoms with Crippen molar-refractivity contribution in [3.8, 4) is 0 Å². The topological polar surface area (TPSA) is 78.6 Å². The smallest absolute Gasteiger partial charge is 0.238 e. The molecule has 2 rings (SSSR count). The van der Waals surface area contributed by atoms with Crippen molar-refractivity contribution in [3.63, 3.8) is 0 Å². The lowest BCUT2D eigenvalue weighted by Crippen LogP contribution is -2.32. The molecule has 1 saturated heterocycles. The molecule has 0 aromatic heterocycles. The zero-order valence-electron chi connectivity index (χ0n) is 11.5. The monoisotopic (exact) mass is 281 g/mol. The zero-order valence-corrected chi connectivity index (χ0v) is 11.5. The number of likely N-dealkylation sites (tertiary alicyclic amines) is 1. The summed E-state index contributed by atoms with van der Waals surface area (Å²) in [5.41, 5.74) is 6.06. The Balaban J connectivity index is 1.88. The third-order valence-corrected chi connectivity index (χ3v) is 3.62. The van der Waals surface area contributed by atoms with Gasteiger partial charge in [-0.3, -0.25) is 9.69 Å². The van der Waals surface area contributed by atoms with Crippen molar-refractivity contribution >= 4 is 17.3 Å². The number of aliphatic hydroxyl groups is 1. The molecule has 6 heteroatoms. The predicted octanol–water partition coefficient (Wildman–Crippen LogP) is 1.05. The zero-order chi connectivity index (χ0) is 14.7. The van der Waals surface area contributed by atoms with Crippen LogP contribution in [0.2, 0.25) is 0 Å². The minimum Gasteiger partial charge on any atom is -0.399 e. The minimum absolute atomic E-state index is 0.0984. The van der Waals surface area contributed by atoms with Crippen molar-refractivity contribution < 1.29 is 14.3 Å². The number of hydrogen-bond acceptors (Lipinski definition) is 4. The highest BCUT2D eigenvalue weighted by Crippen LogP contribution is 2.20. The summed E-state index contributed by atoms with van der Waals surface area (Å²) < 4.78 is 13.5. The molecule has 2 unspecified atom stereocenters. The largest absolute Gasteiger partial charge is 0.399 e. The number of nitrogens with zero attached hydrogens (tertiary/aromatic N) is 1. The molecule has 0 radical (unpaired) electrons. The third kappa shape index (κ3) is 3.68. The quantitative estimate of drug-likeness (QED) is 0.721. The van der Waals surface area contributed by atoms with Crippen molar-refractivity contribution in [2.75, 3.05) is 30.7 Å². The second-order valence-electron chi connectivity index (χ2n) is 5.31. The molecule has 1 aliphatic heterocycles. The molecule has 1 amide bonds. The molecule has 1 aromatic rings. The van der Waals surface area contributed by atoms with E-state index in [-0.39, 0.29) is 30.2 Å². The maximum atomic E-state index is 13.5. The molecule has 1 aliphatic rings. The Morgan fingerprint density at radius 1 is 1.65 bits per heavy atom. The first kappa shape index (κ1) is 14.7. The first-order chi connectivity index (χ1) is 9.45. The maximum Gasteiger partial charge on any atom is 0.238 e. The fraction of sp³-hybridized carbons (Fsp3) is 0.500. The van der Waals surface area contributed by atoms with Gasteiger partial charge < -0.3 is 16.2 Å². The number of halogens is 1. The molecule has 0 aliphatic carbocycles. The third-order valence-electron chi connectivity index (χ3n) is 3.62. The lowest BCUT2D eigenvalue weighted by molar-refractivity contribution is -0.117. The summed E-state index contributed by atoms with van der Waals surface area (Å²) in [5.74, 6) is -0.580. The van der Waals surface area contributed by atoms with E-state index in [0.29, 0.717) is 12.2 Å². The number of anilines is 2. The van der Waals surface area contributed by atoms with Gasteiger partial charge in [0.15, 0.2) is 0 Å². The van der Waals surface area contributed by atoms with Crippen LogP contribution in [0.5, 0.6) is 0 Å². The van der Waals surface area contributed by atoms with E-state index < -0.39 is 5.82 Å². The van der Waals surface area contributed by atoms with Gasteiger partial charge in [0.2, 0.25) is 5.91 Å². The fourth-order valence-electron chi connectivity index (χ4n) is 2.43. The molecular formula is C14H20FN3O2. The van der Waals surface area contributed by atoms with Crippen molar-refractivity contribution in [2.45, 2.75) is 19.4 Å². The molecule has 4 N–H and O–H groups in total. The SMILES string of the molecule is CC(O)C1CCN(CC(=O)Nc2cc(N)ccc2F)C1. The molecule has 5 nitrogen and oxygen atoms in total. The normalized spacial score (nSPS) is 20.9. The summed E-state index contributed by atoms with van der Waals surface area (Å²) in [5, 5.41) is 12.0. The molecule has 1 aromatic carbocycles. The number of rotatable bonds is 4. The number of benzene rings is 1. The molecular weight excluding hydrogens is 261 g/mol. The summed E-state index contributed by atoms with van der Waals surface area (Å²) in [6, 6.07) is 4.07. The van der Waals surface area contributed by atoms with Crippen LogP contribution >= 0.6 is 0 Å². The van der Waals surface area contributed by atoms with Crippen LogP contribution in [-0.2, 0) is 4.79 Å². The number of carbonyl (C=O) groups excluding carboxylic acids is 1. The lowest BCUT2D eigenvalue weighted by atomic mass is 10.0. The number of amides is 1. The van der Waals surface area contributed by atoms with E-state index in [0.717, 1.165) is 13.0 Å². The van der Waals surface area contributed by atoms with Crippen LogP contribution in [0.1, 0.15) is 13.3 Å². The molecule has 110 valence electrons. The van der Waals surface area contributed by atoms with Crippen molar-refractivity contribution in [3.05, 3.63) is 24.0 Å². The van der Waals surface area contributed by atoms with Crippen molar-refractivity contribution in [2.24, 2.45) is 5.92 Å². The Labute approximate surface area is 117 Å². The van der Waals surface area contributed by atoms with Gasteiger partial charge in [0.1, 0.15) is 5.82 Å². The van der Waals surface area contributed by atoms with Gasteiger partial charge in [-0.05, 0) is 44.0 Å². The van der Waals surface area contributed by atoms with Crippen LogP contribution in [0, 0.1) is 11.7 Å². The molecule has 1 fully saturated rings. The van der Waals surface area contributed by atoms with Crippen molar-refractivity contribution in [1.29, 1.82) is 0 Å². The number of carbonyl (C=O) groups is 1. The Kier molecular flexibility index (Phi) is 4.57. The van der Waals surface area contributed by atoms with Gasteiger partial charge in [0.25, 0.3) is 0 Å². The highest BCUT2D eigenvalue weighted by molar-refractivity contribution is 5.92. The molecule has 0 saturated carbocycles. The van der Waals surface area contributed by atoms with Gasteiger partial charge in [0.05, 0.1) is 18.3 Å². The summed E-state index contributed by atoms with van der Waals surface area (Å²) in [6.07, 6.45) is 0.506. The molecule has 20 heavy (non-hydrogen) atoms. The standard InChI is InChI=1S/C14H20FN3O2/c1-9(19)10-4-5-18(7-10)8-14(20)17-13-6-11(16)2-3-12(13)15/h2-3,6,9-10,19H,4-5,7-8,16H2,1H3,(H,17,20). The van der Waals surface area contributed by atoms with E-state index in [1.807, 2.05) is 4.90 Å². The Bertz CT molecular complexity index is 493. The second-order valence-corrected chi connectivity index (χ2v) is 5.31. The average Bonchev–Trinajstić information content (AvgIpc) is 2.82. The van der Waals surface area contributed by atoms with E-state index in [4.69, 9.17) is 5.73 Å². The number of nitrogen functional groups attached to an aromatic ring is 1. The molecule has 0 bridgehead atoms. The summed E-state index contributed by atoms with van der Waals surface area (Å²) >= 11 is 0. The average molecular weight is 281 g/mol. The number of nitrogens with two attached hydrogens (primary N) is 1. The number of hydrogen-bond donors (Lipinski definition) is 3. The predicted molar refractivity (Wildman–Crippen MR) is 75.7 cm³/mol. The van der Waals surface area contributed by atoms with Gasteiger partial charge in [-0.2, -0.15) is 0 Å². The first-order valence-electron chi connectivity index (χ1n) is 6.71. The molecule has 2 atom stereocenters. The van der Waals surface area contributed by atoms with Gasteiger partial charge in [-0.15, -0.1) is 0 Å². The summed E-state index contributed by atoms with van der Waals surface area (Å²) in [4.78, 5) is 13.8. The lowest BCUT2D eigenvalue weighted by Gasteiger charge is -2.17. The van der Waals surface area contributed by atoms with Crippen LogP contribution in [0.3, 0.4) is 0 Å². The van der Waals surface area contributed by atoms with Crippen LogP contribution in [0.25, 0.3) is 0 Å². The summed E-state index contributed by atoms with van der Waals surface area (Å²) in [6.45, 7) is 3.40.